The van der Waals surface area contributed by atoms with Gasteiger partial charge in [-0.2, -0.15) is 15.5 Å². The molecule has 0 aromatic carbocycles. The molecule has 0 radical (unpaired) electrons. The third-order valence-electron chi connectivity index (χ3n) is 2.74. The van der Waals surface area contributed by atoms with Gasteiger partial charge in [-0.15, -0.1) is 0 Å². The minimum atomic E-state index is -0.174. The molecule has 1 atom stereocenters. The summed E-state index contributed by atoms with van der Waals surface area (Å²) < 4.78 is 0. The highest BCUT2D eigenvalue weighted by Crippen LogP contribution is 2.08. The fraction of sp³-hybridized carbons (Fsp3) is 0.538. The highest BCUT2D eigenvalue weighted by molar-refractivity contribution is 5.95. The Morgan fingerprint density at radius 2 is 2.22 bits per heavy atom. The number of aromatic nitrogens is 2. The van der Waals surface area contributed by atoms with Gasteiger partial charge in [-0.25, -0.2) is 0 Å². The van der Waals surface area contributed by atoms with Gasteiger partial charge in [0.05, 0.1) is 29.4 Å². The van der Waals surface area contributed by atoms with Crippen molar-refractivity contribution >= 4 is 5.91 Å². The molecule has 1 amide bonds. The van der Waals surface area contributed by atoms with E-state index in [0.717, 1.165) is 6.42 Å². The number of nitriles is 1. The molecule has 0 aliphatic carbocycles. The molecule has 0 saturated carbocycles. The van der Waals surface area contributed by atoms with Gasteiger partial charge in [0.2, 0.25) is 0 Å². The second-order valence-electron chi connectivity index (χ2n) is 4.14. The number of hydrogen-bond acceptors (Lipinski definition) is 4. The van der Waals surface area contributed by atoms with Crippen LogP contribution in [0.4, 0.5) is 0 Å². The van der Waals surface area contributed by atoms with Crippen molar-refractivity contribution < 1.29 is 4.79 Å². The lowest BCUT2D eigenvalue weighted by Crippen LogP contribution is -2.35. The maximum absolute atomic E-state index is 12.1. The van der Waals surface area contributed by atoms with Crippen LogP contribution < -0.4 is 5.32 Å². The Labute approximate surface area is 107 Å². The van der Waals surface area contributed by atoms with E-state index in [1.807, 2.05) is 13.8 Å². The Balaban J connectivity index is 2.89. The van der Waals surface area contributed by atoms with Gasteiger partial charge < -0.3 is 5.32 Å². The largest absolute Gasteiger partial charge is 0.348 e. The smallest absolute Gasteiger partial charge is 0.253 e. The first kappa shape index (κ1) is 14.1. The van der Waals surface area contributed by atoms with Gasteiger partial charge in [0.15, 0.2) is 0 Å². The number of hydrogen-bond donors (Lipinski definition) is 1. The number of nitrogens with one attached hydrogen (secondary N) is 1. The lowest BCUT2D eigenvalue weighted by atomic mass is 10.1. The molecule has 0 saturated heterocycles. The van der Waals surface area contributed by atoms with Crippen LogP contribution >= 0.6 is 0 Å². The summed E-state index contributed by atoms with van der Waals surface area (Å²) in [5.41, 5.74) is 1.96. The van der Waals surface area contributed by atoms with Crippen LogP contribution in [-0.4, -0.2) is 22.1 Å². The molecule has 1 rings (SSSR count). The molecule has 1 N–H and O–H groups in total. The minimum absolute atomic E-state index is 0.110. The van der Waals surface area contributed by atoms with Gasteiger partial charge in [-0.3, -0.25) is 4.79 Å². The van der Waals surface area contributed by atoms with E-state index in [0.29, 0.717) is 29.8 Å². The molecule has 1 aromatic rings. The van der Waals surface area contributed by atoms with Crippen LogP contribution in [-0.2, 0) is 6.42 Å². The molecular formula is C13H18N4O. The Morgan fingerprint density at radius 3 is 2.78 bits per heavy atom. The minimum Gasteiger partial charge on any atom is -0.348 e. The normalized spacial score (nSPS) is 11.7. The monoisotopic (exact) mass is 246 g/mol. The molecule has 0 aliphatic heterocycles. The zero-order chi connectivity index (χ0) is 13.5. The summed E-state index contributed by atoms with van der Waals surface area (Å²) in [5, 5.41) is 19.5. The molecule has 0 spiro atoms. The SMILES string of the molecule is CCc1nnc(C)cc1C(=O)NC(CC)CC#N. The van der Waals surface area contributed by atoms with Crippen LogP contribution in [0.1, 0.15) is 48.4 Å². The number of rotatable bonds is 5. The van der Waals surface area contributed by atoms with E-state index in [-0.39, 0.29) is 11.9 Å². The van der Waals surface area contributed by atoms with Gasteiger partial charge in [-0.05, 0) is 25.8 Å². The molecule has 96 valence electrons. The molecule has 0 bridgehead atoms. The Kier molecular flexibility index (Phi) is 5.25. The van der Waals surface area contributed by atoms with Crippen LogP contribution in [0.3, 0.4) is 0 Å². The highest BCUT2D eigenvalue weighted by atomic mass is 16.1. The van der Waals surface area contributed by atoms with Crippen molar-refractivity contribution in [2.75, 3.05) is 0 Å². The van der Waals surface area contributed by atoms with Crippen LogP contribution in [0.2, 0.25) is 0 Å². The van der Waals surface area contributed by atoms with Gasteiger partial charge in [0, 0.05) is 6.04 Å². The third kappa shape index (κ3) is 3.52. The van der Waals surface area contributed by atoms with Crippen LogP contribution in [0.5, 0.6) is 0 Å². The van der Waals surface area contributed by atoms with Crippen molar-refractivity contribution in [2.24, 2.45) is 0 Å². The van der Waals surface area contributed by atoms with Gasteiger partial charge in [-0.1, -0.05) is 13.8 Å². The van der Waals surface area contributed by atoms with Gasteiger partial charge in [0.25, 0.3) is 5.91 Å². The van der Waals surface area contributed by atoms with E-state index in [1.165, 1.54) is 0 Å². The summed E-state index contributed by atoms with van der Waals surface area (Å²) in [6, 6.07) is 3.70. The van der Waals surface area contributed by atoms with Crippen LogP contribution in [0.25, 0.3) is 0 Å². The molecule has 1 heterocycles. The van der Waals surface area contributed by atoms with Crippen molar-refractivity contribution in [3.05, 3.63) is 23.0 Å². The number of carbonyl (C=O) groups excluding carboxylic acids is 1. The molecule has 0 aliphatic rings. The van der Waals surface area contributed by atoms with Gasteiger partial charge >= 0.3 is 0 Å². The first-order valence-corrected chi connectivity index (χ1v) is 6.13. The predicted octanol–water partition coefficient (Wildman–Crippen LogP) is 1.77. The Bertz CT molecular complexity index is 465. The average Bonchev–Trinajstić information content (AvgIpc) is 2.38. The molecule has 5 nitrogen and oxygen atoms in total. The summed E-state index contributed by atoms with van der Waals surface area (Å²) in [5.74, 6) is -0.174. The maximum atomic E-state index is 12.1. The average molecular weight is 246 g/mol. The highest BCUT2D eigenvalue weighted by Gasteiger charge is 2.16. The second-order valence-corrected chi connectivity index (χ2v) is 4.14. The van der Waals surface area contributed by atoms with E-state index in [9.17, 15) is 4.79 Å². The molecule has 5 heteroatoms. The fourth-order valence-corrected chi connectivity index (χ4v) is 1.64. The number of nitrogens with zero attached hydrogens (tertiary/aromatic N) is 3. The topological polar surface area (TPSA) is 78.7 Å². The molecule has 18 heavy (non-hydrogen) atoms. The lowest BCUT2D eigenvalue weighted by molar-refractivity contribution is 0.0935. The van der Waals surface area contributed by atoms with Crippen molar-refractivity contribution in [1.29, 1.82) is 5.26 Å². The number of aryl methyl sites for hydroxylation is 2. The zero-order valence-corrected chi connectivity index (χ0v) is 11.0. The molecular weight excluding hydrogens is 228 g/mol. The summed E-state index contributed by atoms with van der Waals surface area (Å²) >= 11 is 0. The van der Waals surface area contributed by atoms with E-state index in [4.69, 9.17) is 5.26 Å². The summed E-state index contributed by atoms with van der Waals surface area (Å²) in [7, 11) is 0. The van der Waals surface area contributed by atoms with Crippen LogP contribution in [0, 0.1) is 18.3 Å². The first-order valence-electron chi connectivity index (χ1n) is 6.13. The molecule has 1 unspecified atom stereocenters. The standard InChI is InChI=1S/C13H18N4O/c1-4-10(6-7-14)15-13(18)11-8-9(3)16-17-12(11)5-2/h8,10H,4-6H2,1-3H3,(H,15,18). The third-order valence-corrected chi connectivity index (χ3v) is 2.74. The van der Waals surface area contributed by atoms with Crippen LogP contribution in [0.15, 0.2) is 6.07 Å². The van der Waals surface area contributed by atoms with E-state index >= 15 is 0 Å². The summed E-state index contributed by atoms with van der Waals surface area (Å²) in [4.78, 5) is 12.1. The van der Waals surface area contributed by atoms with E-state index in [2.05, 4.69) is 21.6 Å². The fourth-order valence-electron chi connectivity index (χ4n) is 1.64. The molecule has 0 fully saturated rings. The first-order chi connectivity index (χ1) is 8.62. The van der Waals surface area contributed by atoms with Crippen molar-refractivity contribution in [2.45, 2.75) is 46.1 Å². The van der Waals surface area contributed by atoms with Crippen molar-refractivity contribution in [1.82, 2.24) is 15.5 Å². The van der Waals surface area contributed by atoms with Crippen molar-refractivity contribution in [3.63, 3.8) is 0 Å². The second kappa shape index (κ2) is 6.70. The number of amides is 1. The van der Waals surface area contributed by atoms with E-state index in [1.54, 1.807) is 13.0 Å². The quantitative estimate of drug-likeness (QED) is 0.858. The van der Waals surface area contributed by atoms with E-state index < -0.39 is 0 Å². The number of carbonyl (C=O) groups is 1. The maximum Gasteiger partial charge on any atom is 0.253 e. The van der Waals surface area contributed by atoms with Crippen molar-refractivity contribution in [3.8, 4) is 6.07 Å². The summed E-state index contributed by atoms with van der Waals surface area (Å²) in [6.07, 6.45) is 1.71. The lowest BCUT2D eigenvalue weighted by Gasteiger charge is -2.14. The Morgan fingerprint density at radius 1 is 1.50 bits per heavy atom. The summed E-state index contributed by atoms with van der Waals surface area (Å²) in [6.45, 7) is 5.68. The zero-order valence-electron chi connectivity index (χ0n) is 11.0. The Hall–Kier alpha value is -1.96. The molecule has 1 aromatic heterocycles. The predicted molar refractivity (Wildman–Crippen MR) is 67.9 cm³/mol. The van der Waals surface area contributed by atoms with Gasteiger partial charge in [0.1, 0.15) is 0 Å².